The molecule has 0 amide bonds. The fourth-order valence-electron chi connectivity index (χ4n) is 1.91. The number of hydrogen-bond acceptors (Lipinski definition) is 2. The summed E-state index contributed by atoms with van der Waals surface area (Å²) >= 11 is 0. The number of aliphatic carboxylic acids is 2. The van der Waals surface area contributed by atoms with Crippen molar-refractivity contribution in [1.82, 2.24) is 0 Å². The minimum absolute atomic E-state index is 0. The predicted octanol–water partition coefficient (Wildman–Crippen LogP) is 3.66. The third-order valence-corrected chi connectivity index (χ3v) is 3.50. The van der Waals surface area contributed by atoms with Crippen LogP contribution in [0.4, 0.5) is 0 Å². The zero-order valence-corrected chi connectivity index (χ0v) is 18.3. The first-order valence-corrected chi connectivity index (χ1v) is 7.89. The van der Waals surface area contributed by atoms with Gasteiger partial charge in [-0.3, -0.25) is 9.59 Å². The van der Waals surface area contributed by atoms with Crippen LogP contribution in [0.2, 0.25) is 0 Å². The van der Waals surface area contributed by atoms with Crippen LogP contribution in [0, 0.1) is 11.8 Å². The maximum absolute atomic E-state index is 10.4. The number of carboxylic acids is 2. The van der Waals surface area contributed by atoms with E-state index in [4.69, 9.17) is 10.2 Å². The Labute approximate surface area is 146 Å². The average molecular weight is 409 g/mol. The molecule has 2 radical (unpaired) electrons. The third-order valence-electron chi connectivity index (χ3n) is 3.50. The molecule has 0 aliphatic carbocycles. The molecule has 2 atom stereocenters. The van der Waals surface area contributed by atoms with Crippen molar-refractivity contribution >= 4 is 35.8 Å². The third kappa shape index (κ3) is 15.9. The Bertz CT molecular complexity index is 231. The van der Waals surface area contributed by atoms with Gasteiger partial charge in [0.15, 0.2) is 0 Å². The molecule has 0 saturated carbocycles. The van der Waals surface area contributed by atoms with Crippen LogP contribution in [0.25, 0.3) is 0 Å². The second-order valence-corrected chi connectivity index (χ2v) is 5.17. The Hall–Kier alpha value is -0.261. The summed E-state index contributed by atoms with van der Waals surface area (Å²) in [6.45, 7) is 8.01. The van der Waals surface area contributed by atoms with Gasteiger partial charge in [0.05, 0.1) is 11.8 Å². The molecule has 0 heterocycles. The molecule has 2 N–H and O–H groups in total. The van der Waals surface area contributed by atoms with Gasteiger partial charge in [-0.05, 0) is 25.7 Å². The first kappa shape index (κ1) is 25.7. The molecular weight excluding hydrogens is 375 g/mol. The molecule has 5 heteroatoms. The van der Waals surface area contributed by atoms with Gasteiger partial charge in [0.2, 0.25) is 0 Å². The number of hydrogen-bond donors (Lipinski definition) is 2. The van der Waals surface area contributed by atoms with E-state index in [1.165, 1.54) is 0 Å². The van der Waals surface area contributed by atoms with E-state index >= 15 is 0 Å². The molecule has 0 spiro atoms. The Balaban J connectivity index is -0.000000295. The van der Waals surface area contributed by atoms with E-state index in [1.54, 1.807) is 0 Å². The minimum atomic E-state index is -0.643. The summed E-state index contributed by atoms with van der Waals surface area (Å²) in [6.07, 6.45) is 7.43. The quantitative estimate of drug-likeness (QED) is 0.541. The molecule has 0 fully saturated rings. The molecule has 0 bridgehead atoms. The van der Waals surface area contributed by atoms with Crippen LogP contribution in [0.5, 0.6) is 0 Å². The molecule has 126 valence electrons. The SMILES string of the molecule is CCCCC(CC)C(=O)O.CCCCC(CC)C(=O)O.[SnH2]. The zero-order chi connectivity index (χ0) is 16.0. The van der Waals surface area contributed by atoms with E-state index in [-0.39, 0.29) is 35.7 Å². The monoisotopic (exact) mass is 410 g/mol. The van der Waals surface area contributed by atoms with Gasteiger partial charge in [-0.25, -0.2) is 0 Å². The van der Waals surface area contributed by atoms with Crippen molar-refractivity contribution in [2.45, 2.75) is 79.1 Å². The van der Waals surface area contributed by atoms with Gasteiger partial charge in [-0.15, -0.1) is 0 Å². The Kier molecular flexibility index (Phi) is 21.8. The van der Waals surface area contributed by atoms with Crippen LogP contribution < -0.4 is 0 Å². The van der Waals surface area contributed by atoms with E-state index < -0.39 is 11.9 Å². The molecule has 0 aliphatic rings. The van der Waals surface area contributed by atoms with Crippen LogP contribution in [-0.4, -0.2) is 46.1 Å². The Morgan fingerprint density at radius 3 is 1.19 bits per heavy atom. The first-order valence-electron chi connectivity index (χ1n) is 7.89. The molecule has 0 aromatic rings. The molecule has 0 rings (SSSR count). The molecular formula is C16H34O4Sn. The van der Waals surface area contributed by atoms with E-state index in [9.17, 15) is 9.59 Å². The van der Waals surface area contributed by atoms with Crippen molar-refractivity contribution in [2.24, 2.45) is 11.8 Å². The van der Waals surface area contributed by atoms with Crippen LogP contribution in [0.15, 0.2) is 0 Å². The fourth-order valence-corrected chi connectivity index (χ4v) is 1.91. The summed E-state index contributed by atoms with van der Waals surface area (Å²) in [6, 6.07) is 0. The van der Waals surface area contributed by atoms with Crippen LogP contribution in [-0.2, 0) is 9.59 Å². The van der Waals surface area contributed by atoms with Crippen LogP contribution in [0.3, 0.4) is 0 Å². The Morgan fingerprint density at radius 1 is 0.762 bits per heavy atom. The van der Waals surface area contributed by atoms with E-state index in [0.29, 0.717) is 0 Å². The van der Waals surface area contributed by atoms with Gasteiger partial charge in [-0.2, -0.15) is 0 Å². The molecule has 0 saturated heterocycles. The summed E-state index contributed by atoms with van der Waals surface area (Å²) in [5, 5.41) is 17.2. The van der Waals surface area contributed by atoms with Crippen molar-refractivity contribution in [1.29, 1.82) is 0 Å². The summed E-state index contributed by atoms with van der Waals surface area (Å²) in [5.41, 5.74) is 0. The van der Waals surface area contributed by atoms with E-state index in [2.05, 4.69) is 13.8 Å². The van der Waals surface area contributed by atoms with Gasteiger partial charge < -0.3 is 10.2 Å². The van der Waals surface area contributed by atoms with Crippen molar-refractivity contribution in [3.8, 4) is 0 Å². The summed E-state index contributed by atoms with van der Waals surface area (Å²) in [5.74, 6) is -1.51. The number of carboxylic acid groups (broad SMARTS) is 2. The van der Waals surface area contributed by atoms with E-state index in [1.807, 2.05) is 13.8 Å². The topological polar surface area (TPSA) is 74.6 Å². The standard InChI is InChI=1S/2C8H16O2.Sn.2H/c2*1-3-5-6-7(4-2)8(9)10;;;/h2*7H,3-6H2,1-2H3,(H,9,10);;;. The molecule has 0 aromatic carbocycles. The van der Waals surface area contributed by atoms with Gasteiger partial charge in [0.1, 0.15) is 0 Å². The Morgan fingerprint density at radius 2 is 1.05 bits per heavy atom. The van der Waals surface area contributed by atoms with Gasteiger partial charge in [0.25, 0.3) is 0 Å². The molecule has 0 aromatic heterocycles. The average Bonchev–Trinajstić information content (AvgIpc) is 2.40. The van der Waals surface area contributed by atoms with Crippen molar-refractivity contribution in [2.75, 3.05) is 0 Å². The first-order chi connectivity index (χ1) is 9.44. The molecule has 2 unspecified atom stereocenters. The van der Waals surface area contributed by atoms with E-state index in [0.717, 1.165) is 51.4 Å². The molecule has 21 heavy (non-hydrogen) atoms. The van der Waals surface area contributed by atoms with Crippen LogP contribution in [0.1, 0.15) is 79.1 Å². The number of unbranched alkanes of at least 4 members (excludes halogenated alkanes) is 2. The van der Waals surface area contributed by atoms with Crippen LogP contribution >= 0.6 is 0 Å². The number of carbonyl (C=O) groups is 2. The molecule has 0 aliphatic heterocycles. The normalized spacial score (nSPS) is 12.4. The predicted molar refractivity (Wildman–Crippen MR) is 90.4 cm³/mol. The van der Waals surface area contributed by atoms with Gasteiger partial charge >= 0.3 is 35.8 Å². The van der Waals surface area contributed by atoms with Gasteiger partial charge in [0, 0.05) is 0 Å². The molecule has 4 nitrogen and oxygen atoms in total. The maximum atomic E-state index is 10.4. The summed E-state index contributed by atoms with van der Waals surface area (Å²) < 4.78 is 0. The van der Waals surface area contributed by atoms with Gasteiger partial charge in [-0.1, -0.05) is 53.4 Å². The van der Waals surface area contributed by atoms with Crippen molar-refractivity contribution in [3.05, 3.63) is 0 Å². The second-order valence-electron chi connectivity index (χ2n) is 5.17. The zero-order valence-electron chi connectivity index (χ0n) is 14.2. The summed E-state index contributed by atoms with van der Waals surface area (Å²) in [7, 11) is 0. The fraction of sp³-hybridized carbons (Fsp3) is 0.875. The van der Waals surface area contributed by atoms with Crippen molar-refractivity contribution < 1.29 is 19.8 Å². The number of rotatable bonds is 10. The summed E-state index contributed by atoms with van der Waals surface area (Å²) in [4.78, 5) is 20.9. The van der Waals surface area contributed by atoms with Crippen molar-refractivity contribution in [3.63, 3.8) is 0 Å². The second kappa shape index (κ2) is 17.8.